The number of hydrogen-bond donors (Lipinski definition) is 0. The maximum atomic E-state index is 11.3. The predicted molar refractivity (Wildman–Crippen MR) is 81.2 cm³/mol. The molecule has 102 valence electrons. The molecule has 4 heteroatoms. The Hall–Kier alpha value is -2.13. The molecule has 20 heavy (non-hydrogen) atoms. The van der Waals surface area contributed by atoms with Crippen LogP contribution in [0.1, 0.15) is 21.5 Å². The van der Waals surface area contributed by atoms with Crippen molar-refractivity contribution in [2.45, 2.75) is 6.92 Å². The summed E-state index contributed by atoms with van der Waals surface area (Å²) in [5, 5.41) is 0.656. The smallest absolute Gasteiger partial charge is 0.337 e. The van der Waals surface area contributed by atoms with E-state index in [-0.39, 0.29) is 5.97 Å². The Labute approximate surface area is 122 Å². The molecule has 0 aliphatic rings. The molecule has 0 aliphatic carbocycles. The zero-order valence-electron chi connectivity index (χ0n) is 11.3. The van der Waals surface area contributed by atoms with Crippen LogP contribution in [0.15, 0.2) is 47.5 Å². The van der Waals surface area contributed by atoms with Crippen molar-refractivity contribution in [2.75, 3.05) is 7.11 Å². The minimum absolute atomic E-state index is 0.348. The maximum Gasteiger partial charge on any atom is 0.337 e. The zero-order valence-corrected chi connectivity index (χ0v) is 12.0. The first-order chi connectivity index (χ1) is 9.60. The third kappa shape index (κ3) is 3.45. The Bertz CT molecular complexity index is 648. The number of aliphatic imine (C=N–C) groups is 1. The molecule has 0 radical (unpaired) electrons. The third-order valence-corrected chi connectivity index (χ3v) is 3.09. The molecule has 0 bridgehead atoms. The summed E-state index contributed by atoms with van der Waals surface area (Å²) in [5.74, 6) is -0.348. The average Bonchev–Trinajstić information content (AvgIpc) is 2.48. The second-order valence-electron chi connectivity index (χ2n) is 4.30. The highest BCUT2D eigenvalue weighted by atomic mass is 35.5. The van der Waals surface area contributed by atoms with Crippen molar-refractivity contribution in [3.05, 3.63) is 64.2 Å². The van der Waals surface area contributed by atoms with Crippen LogP contribution in [-0.2, 0) is 4.74 Å². The first-order valence-corrected chi connectivity index (χ1v) is 6.46. The molecule has 2 aromatic carbocycles. The second-order valence-corrected chi connectivity index (χ2v) is 4.74. The summed E-state index contributed by atoms with van der Waals surface area (Å²) in [5.41, 5.74) is 3.30. The number of hydrogen-bond acceptors (Lipinski definition) is 3. The fraction of sp³-hybridized carbons (Fsp3) is 0.125. The molecule has 2 aromatic rings. The van der Waals surface area contributed by atoms with Crippen LogP contribution >= 0.6 is 11.6 Å². The largest absolute Gasteiger partial charge is 0.465 e. The SMILES string of the molecule is COC(=O)c1ccc(C=Nc2cc(Cl)ccc2C)cc1. The number of carbonyl (C=O) groups is 1. The number of ether oxygens (including phenoxy) is 1. The van der Waals surface area contributed by atoms with Crippen molar-refractivity contribution in [1.29, 1.82) is 0 Å². The van der Waals surface area contributed by atoms with Crippen molar-refractivity contribution in [3.63, 3.8) is 0 Å². The van der Waals surface area contributed by atoms with Gasteiger partial charge in [0.15, 0.2) is 0 Å². The fourth-order valence-electron chi connectivity index (χ4n) is 1.69. The van der Waals surface area contributed by atoms with Gasteiger partial charge in [0.25, 0.3) is 0 Å². The summed E-state index contributed by atoms with van der Waals surface area (Å²) in [6.45, 7) is 1.98. The number of halogens is 1. The molecular weight excluding hydrogens is 274 g/mol. The minimum Gasteiger partial charge on any atom is -0.465 e. The molecule has 0 spiro atoms. The number of carbonyl (C=O) groups excluding carboxylic acids is 1. The van der Waals surface area contributed by atoms with Gasteiger partial charge in [0.2, 0.25) is 0 Å². The molecule has 3 nitrogen and oxygen atoms in total. The van der Waals surface area contributed by atoms with Crippen LogP contribution in [-0.4, -0.2) is 19.3 Å². The monoisotopic (exact) mass is 287 g/mol. The van der Waals surface area contributed by atoms with E-state index >= 15 is 0 Å². The summed E-state index contributed by atoms with van der Waals surface area (Å²) in [6.07, 6.45) is 1.74. The van der Waals surface area contributed by atoms with E-state index in [4.69, 9.17) is 11.6 Å². The second kappa shape index (κ2) is 6.35. The highest BCUT2D eigenvalue weighted by Crippen LogP contribution is 2.22. The molecule has 0 unspecified atom stereocenters. The zero-order chi connectivity index (χ0) is 14.5. The first kappa shape index (κ1) is 14.3. The summed E-state index contributed by atoms with van der Waals surface area (Å²) in [4.78, 5) is 15.7. The molecule has 2 rings (SSSR count). The molecule has 0 aliphatic heterocycles. The van der Waals surface area contributed by atoms with Gasteiger partial charge < -0.3 is 4.74 Å². The summed E-state index contributed by atoms with van der Waals surface area (Å²) in [6, 6.07) is 12.6. The van der Waals surface area contributed by atoms with Crippen molar-refractivity contribution >= 4 is 29.5 Å². The van der Waals surface area contributed by atoms with E-state index in [1.54, 1.807) is 18.3 Å². The van der Waals surface area contributed by atoms with Gasteiger partial charge in [-0.3, -0.25) is 4.99 Å². The lowest BCUT2D eigenvalue weighted by molar-refractivity contribution is 0.0601. The van der Waals surface area contributed by atoms with Crippen LogP contribution in [0.5, 0.6) is 0 Å². The van der Waals surface area contributed by atoms with Gasteiger partial charge in [-0.1, -0.05) is 29.8 Å². The van der Waals surface area contributed by atoms with E-state index in [2.05, 4.69) is 9.73 Å². The number of nitrogens with zero attached hydrogens (tertiary/aromatic N) is 1. The first-order valence-electron chi connectivity index (χ1n) is 6.09. The molecule has 0 amide bonds. The third-order valence-electron chi connectivity index (χ3n) is 2.86. The van der Waals surface area contributed by atoms with Gasteiger partial charge in [-0.2, -0.15) is 0 Å². The Balaban J connectivity index is 2.19. The van der Waals surface area contributed by atoms with Crippen LogP contribution in [0.4, 0.5) is 5.69 Å². The van der Waals surface area contributed by atoms with E-state index in [0.717, 1.165) is 16.8 Å². The normalized spacial score (nSPS) is 10.8. The van der Waals surface area contributed by atoms with Crippen LogP contribution in [0.2, 0.25) is 5.02 Å². The van der Waals surface area contributed by atoms with Gasteiger partial charge in [-0.15, -0.1) is 0 Å². The molecule has 0 atom stereocenters. The highest BCUT2D eigenvalue weighted by Gasteiger charge is 2.03. The molecule has 0 fully saturated rings. The van der Waals surface area contributed by atoms with Gasteiger partial charge in [-0.25, -0.2) is 4.79 Å². The van der Waals surface area contributed by atoms with Crippen LogP contribution in [0, 0.1) is 6.92 Å². The van der Waals surface area contributed by atoms with Crippen molar-refractivity contribution in [1.82, 2.24) is 0 Å². The molecule has 0 heterocycles. The number of benzene rings is 2. The Morgan fingerprint density at radius 1 is 1.20 bits per heavy atom. The number of rotatable bonds is 3. The number of methoxy groups -OCH3 is 1. The van der Waals surface area contributed by atoms with Crippen molar-refractivity contribution in [3.8, 4) is 0 Å². The fourth-order valence-corrected chi connectivity index (χ4v) is 1.86. The molecule has 0 saturated heterocycles. The topological polar surface area (TPSA) is 38.7 Å². The van der Waals surface area contributed by atoms with E-state index in [0.29, 0.717) is 10.6 Å². The van der Waals surface area contributed by atoms with E-state index in [9.17, 15) is 4.79 Å². The molecule has 0 N–H and O–H groups in total. The lowest BCUT2D eigenvalue weighted by Crippen LogP contribution is -2.00. The van der Waals surface area contributed by atoms with Crippen molar-refractivity contribution in [2.24, 2.45) is 4.99 Å². The van der Waals surface area contributed by atoms with E-state index in [1.807, 2.05) is 37.3 Å². The van der Waals surface area contributed by atoms with E-state index < -0.39 is 0 Å². The van der Waals surface area contributed by atoms with Gasteiger partial charge in [0.1, 0.15) is 0 Å². The van der Waals surface area contributed by atoms with Gasteiger partial charge in [-0.05, 0) is 42.3 Å². The lowest BCUT2D eigenvalue weighted by Gasteiger charge is -2.01. The van der Waals surface area contributed by atoms with Gasteiger partial charge >= 0.3 is 5.97 Å². The standard InChI is InChI=1S/C16H14ClNO2/c1-11-3-8-14(17)9-15(11)18-10-12-4-6-13(7-5-12)16(19)20-2/h3-10H,1-2H3. The van der Waals surface area contributed by atoms with Crippen molar-refractivity contribution < 1.29 is 9.53 Å². The Kier molecular flexibility index (Phi) is 4.53. The van der Waals surface area contributed by atoms with Crippen LogP contribution in [0.3, 0.4) is 0 Å². The summed E-state index contributed by atoms with van der Waals surface area (Å²) in [7, 11) is 1.36. The summed E-state index contributed by atoms with van der Waals surface area (Å²) < 4.78 is 4.65. The van der Waals surface area contributed by atoms with Crippen LogP contribution < -0.4 is 0 Å². The minimum atomic E-state index is -0.348. The summed E-state index contributed by atoms with van der Waals surface area (Å²) >= 11 is 5.94. The molecule has 0 saturated carbocycles. The highest BCUT2D eigenvalue weighted by molar-refractivity contribution is 6.30. The Morgan fingerprint density at radius 2 is 1.90 bits per heavy atom. The van der Waals surface area contributed by atoms with E-state index in [1.165, 1.54) is 7.11 Å². The Morgan fingerprint density at radius 3 is 2.55 bits per heavy atom. The van der Waals surface area contributed by atoms with Gasteiger partial charge in [0.05, 0.1) is 18.4 Å². The molecular formula is C16H14ClNO2. The molecule has 0 aromatic heterocycles. The van der Waals surface area contributed by atoms with Crippen LogP contribution in [0.25, 0.3) is 0 Å². The quantitative estimate of drug-likeness (QED) is 0.627. The lowest BCUT2D eigenvalue weighted by atomic mass is 10.1. The predicted octanol–water partition coefficient (Wildman–Crippen LogP) is 4.19. The number of esters is 1. The van der Waals surface area contributed by atoms with Gasteiger partial charge in [0, 0.05) is 11.2 Å². The number of aryl methyl sites for hydroxylation is 1. The maximum absolute atomic E-state index is 11.3. The average molecular weight is 288 g/mol.